The van der Waals surface area contributed by atoms with Crippen LogP contribution in [-0.4, -0.2) is 84.4 Å². The Hall–Kier alpha value is -3.71. The van der Waals surface area contributed by atoms with Crippen molar-refractivity contribution in [3.05, 3.63) is 64.2 Å². The summed E-state index contributed by atoms with van der Waals surface area (Å²) in [4.78, 5) is 34.5. The zero-order valence-corrected chi connectivity index (χ0v) is 22.5. The van der Waals surface area contributed by atoms with Gasteiger partial charge in [0, 0.05) is 45.5 Å². The highest BCUT2D eigenvalue weighted by molar-refractivity contribution is 7.92. The van der Waals surface area contributed by atoms with Crippen molar-refractivity contribution in [2.45, 2.75) is 26.4 Å². The number of sulfonamides is 1. The highest BCUT2D eigenvalue weighted by atomic mass is 32.2. The summed E-state index contributed by atoms with van der Waals surface area (Å²) in [5, 5.41) is 10.4. The van der Waals surface area contributed by atoms with Gasteiger partial charge in [-0.1, -0.05) is 34.8 Å². The van der Waals surface area contributed by atoms with Gasteiger partial charge < -0.3 is 10.0 Å². The second-order valence-corrected chi connectivity index (χ2v) is 11.6. The van der Waals surface area contributed by atoms with E-state index in [-0.39, 0.29) is 16.5 Å². The highest BCUT2D eigenvalue weighted by Gasteiger charge is 2.28. The number of pyridine rings is 1. The van der Waals surface area contributed by atoms with Gasteiger partial charge in [0.25, 0.3) is 0 Å². The van der Waals surface area contributed by atoms with E-state index in [0.29, 0.717) is 30.4 Å². The van der Waals surface area contributed by atoms with Gasteiger partial charge in [-0.05, 0) is 25.5 Å². The Morgan fingerprint density at radius 1 is 1.16 bits per heavy atom. The molecule has 38 heavy (non-hydrogen) atoms. The number of rotatable bonds is 7. The molecule has 0 aliphatic carbocycles. The van der Waals surface area contributed by atoms with Crippen molar-refractivity contribution in [3.8, 4) is 5.75 Å². The van der Waals surface area contributed by atoms with Crippen LogP contribution >= 0.6 is 0 Å². The molecule has 2 aromatic heterocycles. The number of aromatic nitrogens is 2. The first-order valence-electron chi connectivity index (χ1n) is 12.1. The molecule has 204 valence electrons. The Morgan fingerprint density at radius 2 is 1.79 bits per heavy atom. The molecule has 1 N–H and O–H groups in total. The number of benzene rings is 1. The van der Waals surface area contributed by atoms with Crippen molar-refractivity contribution < 1.29 is 22.8 Å². The summed E-state index contributed by atoms with van der Waals surface area (Å²) in [5.41, 5.74) is -0.991. The maximum absolute atomic E-state index is 14.8. The predicted octanol–water partition coefficient (Wildman–Crippen LogP) is 1.85. The van der Waals surface area contributed by atoms with Crippen LogP contribution in [0.15, 0.2) is 47.4 Å². The lowest BCUT2D eigenvalue weighted by Gasteiger charge is -2.38. The maximum atomic E-state index is 14.8. The molecule has 0 bridgehead atoms. The number of hydrogen-bond acceptors (Lipinski definition) is 8. The number of piperazine rings is 1. The molecule has 1 aliphatic heterocycles. The van der Waals surface area contributed by atoms with Crippen molar-refractivity contribution in [3.63, 3.8) is 0 Å². The Kier molecular flexibility index (Phi) is 7.61. The molecule has 0 unspecified atom stereocenters. The molecule has 0 spiro atoms. The molecule has 4 rings (SSSR count). The van der Waals surface area contributed by atoms with E-state index in [1.165, 1.54) is 13.2 Å². The second kappa shape index (κ2) is 10.6. The van der Waals surface area contributed by atoms with Crippen LogP contribution in [0.5, 0.6) is 5.75 Å². The van der Waals surface area contributed by atoms with Crippen LogP contribution in [-0.2, 0) is 16.6 Å². The number of amides is 1. The van der Waals surface area contributed by atoms with Crippen LogP contribution in [0.25, 0.3) is 5.65 Å². The first kappa shape index (κ1) is 27.3. The van der Waals surface area contributed by atoms with Crippen molar-refractivity contribution >= 4 is 33.0 Å². The van der Waals surface area contributed by atoms with Crippen molar-refractivity contribution in [1.29, 1.82) is 0 Å². The predicted molar refractivity (Wildman–Crippen MR) is 143 cm³/mol. The number of anilines is 2. The molecule has 13 heteroatoms. The van der Waals surface area contributed by atoms with Gasteiger partial charge in [0.15, 0.2) is 11.3 Å². The first-order chi connectivity index (χ1) is 17.9. The topological polar surface area (TPSA) is 119 Å². The Bertz CT molecular complexity index is 1500. The first-order valence-corrected chi connectivity index (χ1v) is 14.0. The van der Waals surface area contributed by atoms with Gasteiger partial charge in [-0.25, -0.2) is 13.4 Å². The smallest absolute Gasteiger partial charge is 0.304 e. The van der Waals surface area contributed by atoms with Gasteiger partial charge >= 0.3 is 11.5 Å². The Labute approximate surface area is 220 Å². The zero-order valence-electron chi connectivity index (χ0n) is 21.7. The fraction of sp³-hybridized carbons (Fsp3) is 0.400. The third-order valence-electron chi connectivity index (χ3n) is 6.70. The number of fused-ring (bicyclic) bond motifs is 1. The van der Waals surface area contributed by atoms with Crippen molar-refractivity contribution in [2.24, 2.45) is 0 Å². The quantitative estimate of drug-likeness (QED) is 0.446. The van der Waals surface area contributed by atoms with E-state index in [4.69, 9.17) is 0 Å². The molecule has 11 nitrogen and oxygen atoms in total. The largest absolute Gasteiger partial charge is 0.501 e. The van der Waals surface area contributed by atoms with Gasteiger partial charge in [-0.15, -0.1) is 0 Å². The van der Waals surface area contributed by atoms with E-state index >= 15 is 0 Å². The summed E-state index contributed by atoms with van der Waals surface area (Å²) in [5.74, 6) is -2.36. The maximum Gasteiger partial charge on any atom is 0.304 e. The number of nitrogens with zero attached hydrogens (tertiary/aromatic N) is 6. The van der Waals surface area contributed by atoms with Crippen LogP contribution in [0.4, 0.5) is 15.9 Å². The average molecular weight is 547 g/mol. The molecule has 1 amide bonds. The van der Waals surface area contributed by atoms with Gasteiger partial charge in [0.1, 0.15) is 0 Å². The molecular weight excluding hydrogens is 515 g/mol. The Balaban J connectivity index is 1.81. The lowest BCUT2D eigenvalue weighted by atomic mass is 10.2. The van der Waals surface area contributed by atoms with E-state index in [2.05, 4.69) is 23.7 Å². The minimum atomic E-state index is -3.81. The van der Waals surface area contributed by atoms with E-state index in [0.717, 1.165) is 28.1 Å². The molecule has 1 saturated heterocycles. The van der Waals surface area contributed by atoms with Crippen molar-refractivity contribution in [2.75, 3.05) is 48.7 Å². The molecule has 0 saturated carbocycles. The fourth-order valence-corrected chi connectivity index (χ4v) is 4.85. The van der Waals surface area contributed by atoms with E-state index in [1.54, 1.807) is 36.4 Å². The molecular formula is C25H31FN6O5S. The van der Waals surface area contributed by atoms with Gasteiger partial charge in [0.05, 0.1) is 24.2 Å². The number of hydrogen-bond donors (Lipinski definition) is 1. The molecule has 0 atom stereocenters. The van der Waals surface area contributed by atoms with Gasteiger partial charge in [-0.3, -0.25) is 23.2 Å². The summed E-state index contributed by atoms with van der Waals surface area (Å²) in [6.45, 7) is 6.59. The van der Waals surface area contributed by atoms with E-state index < -0.39 is 39.5 Å². The minimum absolute atomic E-state index is 0.0101. The summed E-state index contributed by atoms with van der Waals surface area (Å²) >= 11 is 0. The zero-order chi connectivity index (χ0) is 27.8. The molecule has 0 radical (unpaired) electrons. The van der Waals surface area contributed by atoms with Crippen LogP contribution in [0.1, 0.15) is 29.9 Å². The molecule has 1 aromatic carbocycles. The van der Waals surface area contributed by atoms with Crippen LogP contribution in [0, 0.1) is 0 Å². The average Bonchev–Trinajstić information content (AvgIpc) is 2.89. The molecule has 3 aromatic rings. The SMILES string of the molecule is CC(C)N1CCN(c2cc(N(C)S(C)(=O)=O)c3nc(C(=O)N(F)Cc4ccccc4)c(O)c(=O)n3c2)CC1. The van der Waals surface area contributed by atoms with E-state index in [1.807, 2.05) is 4.90 Å². The Morgan fingerprint density at radius 3 is 2.37 bits per heavy atom. The molecule has 1 fully saturated rings. The summed E-state index contributed by atoms with van der Waals surface area (Å²) in [7, 11) is -2.51. The van der Waals surface area contributed by atoms with Gasteiger partial charge in [0.2, 0.25) is 15.8 Å². The molecule has 3 heterocycles. The number of carbonyl (C=O) groups excluding carboxylic acids is 1. The number of halogens is 1. The molecule has 1 aliphatic rings. The number of aromatic hydroxyl groups is 1. The normalized spacial score (nSPS) is 14.7. The summed E-state index contributed by atoms with van der Waals surface area (Å²) < 4.78 is 41.7. The monoisotopic (exact) mass is 546 g/mol. The minimum Gasteiger partial charge on any atom is -0.501 e. The third-order valence-corrected chi connectivity index (χ3v) is 7.89. The summed E-state index contributed by atoms with van der Waals surface area (Å²) in [6.07, 6.45) is 2.44. The standard InChI is InChI=1S/C25H31FN6O5S/c1-17(2)29-10-12-30(13-11-29)19-14-20(28(3)38(4,36)37)23-27-21(22(33)25(35)31(23)16-19)24(34)32(26)15-18-8-6-5-7-9-18/h5-9,14,16-17,33H,10-13,15H2,1-4H3. The fourth-order valence-electron chi connectivity index (χ4n) is 4.36. The van der Waals surface area contributed by atoms with Crippen LogP contribution < -0.4 is 14.8 Å². The highest BCUT2D eigenvalue weighted by Crippen LogP contribution is 2.29. The van der Waals surface area contributed by atoms with E-state index in [9.17, 15) is 27.6 Å². The van der Waals surface area contributed by atoms with Crippen molar-refractivity contribution in [1.82, 2.24) is 19.4 Å². The lowest BCUT2D eigenvalue weighted by molar-refractivity contribution is 0.0139. The second-order valence-electron chi connectivity index (χ2n) is 9.55. The van der Waals surface area contributed by atoms with Crippen LogP contribution in [0.3, 0.4) is 0 Å². The van der Waals surface area contributed by atoms with Gasteiger partial charge in [-0.2, -0.15) is 5.12 Å². The van der Waals surface area contributed by atoms with Crippen LogP contribution in [0.2, 0.25) is 0 Å². The number of carbonyl (C=O) groups is 1. The lowest BCUT2D eigenvalue weighted by Crippen LogP contribution is -2.49. The summed E-state index contributed by atoms with van der Waals surface area (Å²) in [6, 6.07) is 10.3. The third kappa shape index (κ3) is 5.43.